The van der Waals surface area contributed by atoms with E-state index in [0.717, 1.165) is 11.1 Å². The van der Waals surface area contributed by atoms with Crippen LogP contribution >= 0.6 is 11.6 Å². The number of hydrogen-bond acceptors (Lipinski definition) is 8. The fraction of sp³-hybridized carbons (Fsp3) is 0.458. The number of carbonyl (C=O) groups excluding carboxylic acids is 1. The lowest BCUT2D eigenvalue weighted by Crippen LogP contribution is -2.41. The second-order valence-corrected chi connectivity index (χ2v) is 8.90. The molecule has 4 atom stereocenters. The Kier molecular flexibility index (Phi) is 7.09. The lowest BCUT2D eigenvalue weighted by atomic mass is 9.82. The molecule has 2 aliphatic rings. The molecule has 2 aliphatic heterocycles. The molecule has 9 nitrogen and oxygen atoms in total. The fourth-order valence-electron chi connectivity index (χ4n) is 5.06. The number of halogens is 1. The highest BCUT2D eigenvalue weighted by atomic mass is 35.5. The van der Waals surface area contributed by atoms with Gasteiger partial charge in [0.25, 0.3) is 0 Å². The SMILES string of the molecule is COc1cc(C2C3C(NNC3c3cc(Cl)c(C)cc3O)C(=O)N2CCCO)cc(OC)c1OC. The number of aliphatic hydroxyl groups excluding tert-OH is 1. The predicted octanol–water partition coefficient (Wildman–Crippen LogP) is 2.48. The first-order valence-corrected chi connectivity index (χ1v) is 11.4. The van der Waals surface area contributed by atoms with Crippen LogP contribution in [-0.4, -0.2) is 61.5 Å². The maximum atomic E-state index is 13.5. The third-order valence-electron chi connectivity index (χ3n) is 6.64. The van der Waals surface area contributed by atoms with E-state index in [1.807, 2.05) is 19.1 Å². The summed E-state index contributed by atoms with van der Waals surface area (Å²) in [6.07, 6.45) is 0.436. The Hall–Kier alpha value is -2.72. The molecule has 2 aromatic rings. The molecule has 10 heteroatoms. The molecule has 0 bridgehead atoms. The van der Waals surface area contributed by atoms with E-state index in [1.54, 1.807) is 31.3 Å². The molecule has 1 amide bonds. The summed E-state index contributed by atoms with van der Waals surface area (Å²) in [4.78, 5) is 15.2. The van der Waals surface area contributed by atoms with Gasteiger partial charge in [-0.3, -0.25) is 4.79 Å². The number of phenols is 1. The number of carbonyl (C=O) groups is 1. The summed E-state index contributed by atoms with van der Waals surface area (Å²) in [7, 11) is 4.62. The lowest BCUT2D eigenvalue weighted by Gasteiger charge is -2.32. The van der Waals surface area contributed by atoms with E-state index in [9.17, 15) is 15.0 Å². The standard InChI is InChI=1S/C24H30ClN3O6/c1-12-8-16(30)14(11-15(12)25)20-19-21(27-26-20)24(31)28(6-5-7-29)22(19)13-9-17(32-2)23(34-4)18(10-13)33-3/h8-11,19-22,26-27,29-30H,5-7H2,1-4H3. The van der Waals surface area contributed by atoms with E-state index in [4.69, 9.17) is 25.8 Å². The molecule has 4 rings (SSSR count). The van der Waals surface area contributed by atoms with Crippen LogP contribution in [0.4, 0.5) is 0 Å². The first-order valence-electron chi connectivity index (χ1n) is 11.1. The van der Waals surface area contributed by atoms with Gasteiger partial charge in [-0.15, -0.1) is 0 Å². The number of benzene rings is 2. The van der Waals surface area contributed by atoms with Crippen LogP contribution in [0, 0.1) is 12.8 Å². The summed E-state index contributed by atoms with van der Waals surface area (Å²) in [6, 6.07) is 5.70. The highest BCUT2D eigenvalue weighted by molar-refractivity contribution is 6.31. The number of nitrogens with one attached hydrogen (secondary N) is 2. The minimum atomic E-state index is -0.535. The zero-order valence-electron chi connectivity index (χ0n) is 19.6. The van der Waals surface area contributed by atoms with Crippen molar-refractivity contribution in [2.24, 2.45) is 5.92 Å². The zero-order valence-corrected chi connectivity index (χ0v) is 20.3. The number of aromatic hydroxyl groups is 1. The van der Waals surface area contributed by atoms with Gasteiger partial charge in [0, 0.05) is 29.7 Å². The summed E-state index contributed by atoms with van der Waals surface area (Å²) >= 11 is 6.39. The summed E-state index contributed by atoms with van der Waals surface area (Å²) in [6.45, 7) is 2.16. The van der Waals surface area contributed by atoms with Gasteiger partial charge >= 0.3 is 0 Å². The molecule has 4 N–H and O–H groups in total. The van der Waals surface area contributed by atoms with Crippen LogP contribution in [-0.2, 0) is 4.79 Å². The highest BCUT2D eigenvalue weighted by Gasteiger charge is 2.56. The number of methoxy groups -OCH3 is 3. The molecule has 0 saturated carbocycles. The fourth-order valence-corrected chi connectivity index (χ4v) is 5.23. The number of aliphatic hydroxyl groups is 1. The van der Waals surface area contributed by atoms with Crippen LogP contribution in [0.1, 0.15) is 35.2 Å². The van der Waals surface area contributed by atoms with Gasteiger partial charge in [0.2, 0.25) is 11.7 Å². The Morgan fingerprint density at radius 1 is 1.03 bits per heavy atom. The van der Waals surface area contributed by atoms with Gasteiger partial charge in [-0.2, -0.15) is 0 Å². The third kappa shape index (κ3) is 4.02. The molecular weight excluding hydrogens is 462 g/mol. The van der Waals surface area contributed by atoms with Gasteiger partial charge in [0.1, 0.15) is 11.8 Å². The van der Waals surface area contributed by atoms with Crippen LogP contribution in [0.15, 0.2) is 24.3 Å². The molecule has 184 valence electrons. The van der Waals surface area contributed by atoms with Gasteiger partial charge < -0.3 is 29.3 Å². The maximum absolute atomic E-state index is 13.5. The number of ether oxygens (including phenoxy) is 3. The maximum Gasteiger partial charge on any atom is 0.242 e. The Bertz CT molecular complexity index is 1060. The number of amides is 1. The Balaban J connectivity index is 1.85. The van der Waals surface area contributed by atoms with Gasteiger partial charge in [-0.25, -0.2) is 10.9 Å². The Morgan fingerprint density at radius 2 is 1.68 bits per heavy atom. The van der Waals surface area contributed by atoms with E-state index in [-0.39, 0.29) is 24.2 Å². The summed E-state index contributed by atoms with van der Waals surface area (Å²) in [5.41, 5.74) is 8.47. The monoisotopic (exact) mass is 491 g/mol. The first-order chi connectivity index (χ1) is 16.4. The largest absolute Gasteiger partial charge is 0.508 e. The molecule has 2 fully saturated rings. The van der Waals surface area contributed by atoms with Crippen molar-refractivity contribution in [3.8, 4) is 23.0 Å². The van der Waals surface area contributed by atoms with Gasteiger partial charge in [0.15, 0.2) is 11.5 Å². The molecule has 34 heavy (non-hydrogen) atoms. The number of hydrogen-bond donors (Lipinski definition) is 4. The quantitative estimate of drug-likeness (QED) is 0.445. The zero-order chi connectivity index (χ0) is 24.6. The number of nitrogens with zero attached hydrogens (tertiary/aromatic N) is 1. The van der Waals surface area contributed by atoms with E-state index < -0.39 is 18.1 Å². The molecule has 2 aromatic carbocycles. The van der Waals surface area contributed by atoms with Crippen molar-refractivity contribution < 1.29 is 29.2 Å². The third-order valence-corrected chi connectivity index (χ3v) is 7.05. The van der Waals surface area contributed by atoms with Crippen molar-refractivity contribution in [1.82, 2.24) is 15.8 Å². The average Bonchev–Trinajstić information content (AvgIpc) is 3.37. The van der Waals surface area contributed by atoms with E-state index in [2.05, 4.69) is 10.9 Å². The summed E-state index contributed by atoms with van der Waals surface area (Å²) in [5.74, 6) is 1.13. The number of fused-ring (bicyclic) bond motifs is 1. The second-order valence-electron chi connectivity index (χ2n) is 8.49. The molecular formula is C24H30ClN3O6. The molecule has 0 radical (unpaired) electrons. The Labute approximate surface area is 203 Å². The van der Waals surface area contributed by atoms with Crippen molar-refractivity contribution in [1.29, 1.82) is 0 Å². The van der Waals surface area contributed by atoms with Crippen molar-refractivity contribution in [2.45, 2.75) is 31.5 Å². The number of hydrazine groups is 1. The second kappa shape index (κ2) is 9.87. The number of phenolic OH excluding ortho intramolecular Hbond substituents is 1. The average molecular weight is 492 g/mol. The predicted molar refractivity (Wildman–Crippen MR) is 126 cm³/mol. The number of aryl methyl sites for hydroxylation is 1. The molecule has 2 heterocycles. The molecule has 0 spiro atoms. The molecule has 0 aliphatic carbocycles. The van der Waals surface area contributed by atoms with Crippen LogP contribution in [0.5, 0.6) is 23.0 Å². The van der Waals surface area contributed by atoms with Gasteiger partial charge in [-0.1, -0.05) is 11.6 Å². The van der Waals surface area contributed by atoms with E-state index >= 15 is 0 Å². The van der Waals surface area contributed by atoms with E-state index in [0.29, 0.717) is 40.8 Å². The molecule has 0 aromatic heterocycles. The topological polar surface area (TPSA) is 113 Å². The minimum Gasteiger partial charge on any atom is -0.508 e. The van der Waals surface area contributed by atoms with Crippen LogP contribution in [0.2, 0.25) is 5.02 Å². The minimum absolute atomic E-state index is 0.0371. The van der Waals surface area contributed by atoms with Crippen LogP contribution in [0.3, 0.4) is 0 Å². The van der Waals surface area contributed by atoms with Crippen LogP contribution in [0.25, 0.3) is 0 Å². The van der Waals surface area contributed by atoms with Crippen molar-refractivity contribution in [3.63, 3.8) is 0 Å². The smallest absolute Gasteiger partial charge is 0.242 e. The summed E-state index contributed by atoms with van der Waals surface area (Å²) < 4.78 is 16.6. The number of likely N-dealkylation sites (tertiary alicyclic amines) is 1. The highest BCUT2D eigenvalue weighted by Crippen LogP contribution is 2.51. The summed E-state index contributed by atoms with van der Waals surface area (Å²) in [5, 5.41) is 20.7. The Morgan fingerprint density at radius 3 is 2.26 bits per heavy atom. The van der Waals surface area contributed by atoms with Crippen LogP contribution < -0.4 is 25.1 Å². The normalized spacial score (nSPS) is 23.8. The van der Waals surface area contributed by atoms with Crippen molar-refractivity contribution in [2.75, 3.05) is 34.5 Å². The molecule has 4 unspecified atom stereocenters. The van der Waals surface area contributed by atoms with Gasteiger partial charge in [-0.05, 0) is 48.7 Å². The first kappa shape index (κ1) is 24.4. The molecule has 2 saturated heterocycles. The van der Waals surface area contributed by atoms with Crippen molar-refractivity contribution >= 4 is 17.5 Å². The van der Waals surface area contributed by atoms with E-state index in [1.165, 1.54) is 7.11 Å². The lowest BCUT2D eigenvalue weighted by molar-refractivity contribution is -0.130. The van der Waals surface area contributed by atoms with Gasteiger partial charge in [0.05, 0.1) is 33.4 Å². The van der Waals surface area contributed by atoms with Crippen molar-refractivity contribution in [3.05, 3.63) is 46.0 Å². The number of rotatable bonds is 8.